The van der Waals surface area contributed by atoms with Crippen molar-refractivity contribution in [1.29, 1.82) is 0 Å². The van der Waals surface area contributed by atoms with E-state index in [2.05, 4.69) is 10.4 Å². The summed E-state index contributed by atoms with van der Waals surface area (Å²) in [4.78, 5) is 78.3. The number of hydrogen-bond donors (Lipinski definition) is 4. The van der Waals surface area contributed by atoms with Crippen LogP contribution in [0, 0.1) is 0 Å². The van der Waals surface area contributed by atoms with Crippen molar-refractivity contribution in [2.45, 2.75) is 44.4 Å². The lowest BCUT2D eigenvalue weighted by molar-refractivity contribution is -0.153. The topological polar surface area (TPSA) is 221 Å². The number of rotatable bonds is 12. The van der Waals surface area contributed by atoms with Crippen LogP contribution in [0.15, 0.2) is 36.4 Å². The molecule has 0 saturated carbocycles. The summed E-state index contributed by atoms with van der Waals surface area (Å²) in [6, 6.07) is 7.57. The van der Waals surface area contributed by atoms with Crippen LogP contribution in [0.25, 0.3) is 5.69 Å². The van der Waals surface area contributed by atoms with Gasteiger partial charge >= 0.3 is 18.0 Å². The number of piperazine rings is 1. The van der Waals surface area contributed by atoms with E-state index in [9.17, 15) is 44.1 Å². The largest absolute Gasteiger partial charge is 0.481 e. The molecule has 1 aromatic carbocycles. The monoisotopic (exact) mass is 644 g/mol. The quantitative estimate of drug-likeness (QED) is 0.216. The summed E-state index contributed by atoms with van der Waals surface area (Å²) in [5.41, 5.74) is 0.274. The van der Waals surface area contributed by atoms with Crippen LogP contribution in [0.5, 0.6) is 5.88 Å². The van der Waals surface area contributed by atoms with Crippen LogP contribution in [0.4, 0.5) is 4.79 Å². The number of nitrogens with one attached hydrogen (secondary N) is 1. The predicted octanol–water partition coefficient (Wildman–Crippen LogP) is -0.439. The van der Waals surface area contributed by atoms with E-state index in [0.29, 0.717) is 5.69 Å². The first-order valence-electron chi connectivity index (χ1n) is 14.7. The van der Waals surface area contributed by atoms with Crippen LogP contribution in [-0.2, 0) is 23.9 Å². The van der Waals surface area contributed by atoms with E-state index >= 15 is 0 Å². The van der Waals surface area contributed by atoms with E-state index in [1.54, 1.807) is 37.3 Å². The van der Waals surface area contributed by atoms with Gasteiger partial charge in [-0.15, -0.1) is 0 Å². The lowest BCUT2D eigenvalue weighted by Gasteiger charge is -2.35. The smallest absolute Gasteiger partial charge is 0.407 e. The highest BCUT2D eigenvalue weighted by molar-refractivity contribution is 5.96. The fraction of sp³-hybridized carbons (Fsp3) is 0.483. The van der Waals surface area contributed by atoms with Gasteiger partial charge in [-0.2, -0.15) is 5.10 Å². The van der Waals surface area contributed by atoms with Gasteiger partial charge in [0.25, 0.3) is 11.8 Å². The van der Waals surface area contributed by atoms with Crippen molar-refractivity contribution in [3.63, 3.8) is 0 Å². The maximum absolute atomic E-state index is 13.4. The summed E-state index contributed by atoms with van der Waals surface area (Å²) in [7, 11) is 0. The molecule has 1 aromatic heterocycles. The van der Waals surface area contributed by atoms with Gasteiger partial charge in [0.1, 0.15) is 12.1 Å². The number of likely N-dealkylation sites (tertiary alicyclic amines) is 1. The number of aromatic nitrogens is 2. The molecule has 4 rings (SSSR count). The molecule has 2 aliphatic rings. The van der Waals surface area contributed by atoms with Crippen LogP contribution in [0.1, 0.15) is 36.7 Å². The first-order valence-corrected chi connectivity index (χ1v) is 14.7. The molecule has 0 unspecified atom stereocenters. The minimum Gasteiger partial charge on any atom is -0.481 e. The molecule has 2 aromatic rings. The summed E-state index contributed by atoms with van der Waals surface area (Å²) in [5.74, 6) is -3.82. The molecule has 46 heavy (non-hydrogen) atoms. The molecular formula is C29H36N6O11. The molecular weight excluding hydrogens is 608 g/mol. The zero-order valence-electron chi connectivity index (χ0n) is 25.1. The summed E-state index contributed by atoms with van der Waals surface area (Å²) < 4.78 is 12.1. The molecule has 3 atom stereocenters. The van der Waals surface area contributed by atoms with Crippen molar-refractivity contribution in [2.24, 2.45) is 0 Å². The molecule has 0 radical (unpaired) electrons. The number of β-amino-alcohol motifs (C(OH)–C–C–N with tert-alkyl or cyclic N) is 1. The third-order valence-electron chi connectivity index (χ3n) is 7.52. The van der Waals surface area contributed by atoms with Crippen LogP contribution < -0.4 is 10.1 Å². The summed E-state index contributed by atoms with van der Waals surface area (Å²) in [5, 5.41) is 35.4. The van der Waals surface area contributed by atoms with E-state index < -0.39 is 67.0 Å². The van der Waals surface area contributed by atoms with Crippen LogP contribution in [0.2, 0.25) is 0 Å². The second-order valence-corrected chi connectivity index (χ2v) is 10.7. The number of ether oxygens (including phenoxy) is 2. The molecule has 4 N–H and O–H groups in total. The van der Waals surface area contributed by atoms with Gasteiger partial charge in [0, 0.05) is 51.6 Å². The minimum atomic E-state index is -1.24. The molecule has 0 spiro atoms. The number of carbonyl (C=O) groups is 6. The van der Waals surface area contributed by atoms with Crippen molar-refractivity contribution in [1.82, 2.24) is 29.8 Å². The van der Waals surface area contributed by atoms with Crippen LogP contribution in [0.3, 0.4) is 0 Å². The zero-order valence-corrected chi connectivity index (χ0v) is 25.1. The number of carbonyl (C=O) groups excluding carboxylic acids is 4. The second-order valence-electron chi connectivity index (χ2n) is 10.7. The van der Waals surface area contributed by atoms with Gasteiger partial charge in [0.15, 0.2) is 12.3 Å². The number of esters is 1. The zero-order chi connectivity index (χ0) is 33.4. The first-order chi connectivity index (χ1) is 22.0. The molecule has 4 amide bonds. The maximum atomic E-state index is 13.4. The number of hydrogen-bond acceptors (Lipinski definition) is 10. The maximum Gasteiger partial charge on any atom is 0.407 e. The first kappa shape index (κ1) is 33.7. The Morgan fingerprint density at radius 2 is 1.70 bits per heavy atom. The lowest BCUT2D eigenvalue weighted by atomic mass is 10.1. The van der Waals surface area contributed by atoms with E-state index in [0.717, 1.165) is 4.90 Å². The number of benzene rings is 1. The second kappa shape index (κ2) is 15.2. The van der Waals surface area contributed by atoms with Gasteiger partial charge in [0.2, 0.25) is 11.8 Å². The fourth-order valence-electron chi connectivity index (χ4n) is 5.20. The average molecular weight is 645 g/mol. The van der Waals surface area contributed by atoms with E-state index in [4.69, 9.17) is 9.47 Å². The Morgan fingerprint density at radius 3 is 2.33 bits per heavy atom. The third kappa shape index (κ3) is 8.29. The standard InChI is InChI=1S/C29H36N6O11/c1-2-45-28(42)22-14-19(36)16-34(22)23(37)17-46-24-15-21(31-35(24)18-6-4-3-5-7-18)26(40)30-20(8-9-25(38)39)27(41)32-10-12-33(13-11-32)29(43)44/h3-7,15,19-20,22,36H,2,8-14,16-17H2,1H3,(H,30,40)(H,38,39)(H,43,44)/t19-,20+,22+/m1/s1. The fourth-order valence-corrected chi connectivity index (χ4v) is 5.20. The van der Waals surface area contributed by atoms with Gasteiger partial charge in [-0.05, 0) is 25.5 Å². The van der Waals surface area contributed by atoms with E-state index in [1.165, 1.54) is 20.5 Å². The van der Waals surface area contributed by atoms with Crippen LogP contribution >= 0.6 is 0 Å². The Morgan fingerprint density at radius 1 is 1.02 bits per heavy atom. The number of carboxylic acid groups (broad SMARTS) is 2. The summed E-state index contributed by atoms with van der Waals surface area (Å²) >= 11 is 0. The van der Waals surface area contributed by atoms with E-state index in [1.807, 2.05) is 0 Å². The van der Waals surface area contributed by atoms with Gasteiger partial charge in [-0.3, -0.25) is 19.2 Å². The van der Waals surface area contributed by atoms with Gasteiger partial charge < -0.3 is 44.8 Å². The van der Waals surface area contributed by atoms with E-state index in [-0.39, 0.29) is 63.7 Å². The molecule has 2 aliphatic heterocycles. The SMILES string of the molecule is CCOC(=O)[C@@H]1C[C@@H](O)CN1C(=O)COc1cc(C(=O)N[C@@H](CCC(=O)O)C(=O)N2CCN(C(=O)O)CC2)nn1-c1ccccc1. The number of carboxylic acids is 1. The average Bonchev–Trinajstić information content (AvgIpc) is 3.66. The molecule has 2 saturated heterocycles. The number of nitrogens with zero attached hydrogens (tertiary/aromatic N) is 5. The Bertz CT molecular complexity index is 1440. The van der Waals surface area contributed by atoms with Gasteiger partial charge in [-0.1, -0.05) is 18.2 Å². The van der Waals surface area contributed by atoms with Gasteiger partial charge in [-0.25, -0.2) is 14.3 Å². The predicted molar refractivity (Wildman–Crippen MR) is 156 cm³/mol. The highest BCUT2D eigenvalue weighted by Gasteiger charge is 2.40. The number of para-hydroxylation sites is 1. The van der Waals surface area contributed by atoms with Crippen molar-refractivity contribution in [3.05, 3.63) is 42.1 Å². The molecule has 17 heteroatoms. The molecule has 3 heterocycles. The molecule has 248 valence electrons. The molecule has 2 fully saturated rings. The van der Waals surface area contributed by atoms with Crippen molar-refractivity contribution < 1.29 is 53.6 Å². The van der Waals surface area contributed by atoms with Crippen molar-refractivity contribution in [2.75, 3.05) is 45.9 Å². The Labute approximate surface area is 263 Å². The highest BCUT2D eigenvalue weighted by Crippen LogP contribution is 2.23. The minimum absolute atomic E-state index is 0.0182. The highest BCUT2D eigenvalue weighted by atomic mass is 16.5. The van der Waals surface area contributed by atoms with Crippen molar-refractivity contribution in [3.8, 4) is 11.6 Å². The number of aliphatic hydroxyl groups excluding tert-OH is 1. The summed E-state index contributed by atoms with van der Waals surface area (Å²) in [6.45, 7) is 1.36. The van der Waals surface area contributed by atoms with Crippen molar-refractivity contribution >= 4 is 35.8 Å². The van der Waals surface area contributed by atoms with Gasteiger partial charge in [0.05, 0.1) is 18.4 Å². The molecule has 17 nitrogen and oxygen atoms in total. The molecule has 0 aliphatic carbocycles. The Hall–Kier alpha value is -5.19. The normalized spacial score (nSPS) is 18.5. The number of aliphatic carboxylic acids is 1. The summed E-state index contributed by atoms with van der Waals surface area (Å²) in [6.07, 6.45) is -2.65. The lowest BCUT2D eigenvalue weighted by Crippen LogP contribution is -2.55. The Balaban J connectivity index is 1.51. The Kier molecular flexibility index (Phi) is 11.1. The third-order valence-corrected chi connectivity index (χ3v) is 7.52. The number of amides is 4. The molecule has 0 bridgehead atoms. The number of aliphatic hydroxyl groups is 1. The van der Waals surface area contributed by atoms with Crippen LogP contribution in [-0.4, -0.2) is 140 Å².